The summed E-state index contributed by atoms with van der Waals surface area (Å²) >= 11 is 1.15. The van der Waals surface area contributed by atoms with Crippen LogP contribution in [0.3, 0.4) is 0 Å². The Morgan fingerprint density at radius 1 is 1.00 bits per heavy atom. The molecule has 6 nitrogen and oxygen atoms in total. The zero-order chi connectivity index (χ0) is 19.6. The third-order valence-corrected chi connectivity index (χ3v) is 5.13. The number of carbonyl (C=O) groups excluding carboxylic acids is 2. The van der Waals surface area contributed by atoms with Crippen molar-refractivity contribution in [3.63, 3.8) is 0 Å². The van der Waals surface area contributed by atoms with Crippen molar-refractivity contribution in [1.82, 2.24) is 9.97 Å². The number of rotatable bonds is 4. The number of hydrogen-bond donors (Lipinski definition) is 2. The summed E-state index contributed by atoms with van der Waals surface area (Å²) in [7, 11) is 0. The van der Waals surface area contributed by atoms with E-state index in [-0.39, 0.29) is 11.8 Å². The predicted molar refractivity (Wildman–Crippen MR) is 108 cm³/mol. The zero-order valence-electron chi connectivity index (χ0n) is 15.6. The summed E-state index contributed by atoms with van der Waals surface area (Å²) in [5, 5.41) is 6.07. The fourth-order valence-corrected chi connectivity index (χ4v) is 3.73. The first kappa shape index (κ1) is 18.7. The predicted octanol–water partition coefficient (Wildman–Crippen LogP) is 4.28. The molecule has 0 aliphatic heterocycles. The number of nitrogens with one attached hydrogen (secondary N) is 2. The molecular formula is C20H20N4O2S. The third-order valence-electron chi connectivity index (χ3n) is 4.06. The molecule has 0 radical (unpaired) electrons. The van der Waals surface area contributed by atoms with Gasteiger partial charge in [-0.3, -0.25) is 19.9 Å². The number of hydrogen-bond acceptors (Lipinski definition) is 5. The summed E-state index contributed by atoms with van der Waals surface area (Å²) in [4.78, 5) is 33.7. The number of anilines is 2. The van der Waals surface area contributed by atoms with Crippen LogP contribution in [0.15, 0.2) is 36.7 Å². The lowest BCUT2D eigenvalue weighted by Gasteiger charge is -2.12. The molecule has 0 fully saturated rings. The van der Waals surface area contributed by atoms with Crippen molar-refractivity contribution in [2.75, 3.05) is 10.6 Å². The molecule has 0 atom stereocenters. The summed E-state index contributed by atoms with van der Waals surface area (Å²) < 4.78 is 0. The molecule has 3 rings (SSSR count). The van der Waals surface area contributed by atoms with Gasteiger partial charge < -0.3 is 5.32 Å². The fourth-order valence-electron chi connectivity index (χ4n) is 2.87. The maximum Gasteiger partial charge on any atom is 0.267 e. The van der Waals surface area contributed by atoms with Crippen LogP contribution < -0.4 is 10.6 Å². The number of benzene rings is 1. The molecule has 0 spiro atoms. The number of thiazole rings is 1. The smallest absolute Gasteiger partial charge is 0.267 e. The molecular weight excluding hydrogens is 360 g/mol. The lowest BCUT2D eigenvalue weighted by molar-refractivity contribution is 0.101. The second kappa shape index (κ2) is 7.67. The largest absolute Gasteiger partial charge is 0.321 e. The molecule has 0 aliphatic carbocycles. The van der Waals surface area contributed by atoms with Crippen LogP contribution in [0, 0.1) is 27.7 Å². The summed E-state index contributed by atoms with van der Waals surface area (Å²) in [5.74, 6) is -0.545. The lowest BCUT2D eigenvalue weighted by Crippen LogP contribution is -2.13. The van der Waals surface area contributed by atoms with E-state index >= 15 is 0 Å². The molecule has 2 aromatic heterocycles. The van der Waals surface area contributed by atoms with E-state index in [9.17, 15) is 9.59 Å². The molecule has 138 valence electrons. The van der Waals surface area contributed by atoms with Gasteiger partial charge in [-0.05, 0) is 51.0 Å². The number of aryl methyl sites for hydroxylation is 4. The van der Waals surface area contributed by atoms with E-state index in [0.717, 1.165) is 33.7 Å². The van der Waals surface area contributed by atoms with Crippen LogP contribution >= 0.6 is 11.3 Å². The average Bonchev–Trinajstić information content (AvgIpc) is 2.99. The van der Waals surface area contributed by atoms with E-state index in [4.69, 9.17) is 0 Å². The molecule has 7 heteroatoms. The van der Waals surface area contributed by atoms with Crippen molar-refractivity contribution in [3.05, 3.63) is 69.5 Å². The Morgan fingerprint density at radius 2 is 1.70 bits per heavy atom. The van der Waals surface area contributed by atoms with Crippen molar-refractivity contribution in [3.8, 4) is 0 Å². The van der Waals surface area contributed by atoms with Gasteiger partial charge in [-0.15, -0.1) is 0 Å². The molecule has 0 bridgehead atoms. The first-order valence-electron chi connectivity index (χ1n) is 8.43. The number of aromatic nitrogens is 2. The van der Waals surface area contributed by atoms with Crippen LogP contribution in [0.2, 0.25) is 0 Å². The summed E-state index contributed by atoms with van der Waals surface area (Å²) in [6.45, 7) is 7.71. The van der Waals surface area contributed by atoms with Gasteiger partial charge in [-0.25, -0.2) is 4.98 Å². The normalized spacial score (nSPS) is 10.5. The molecule has 0 saturated carbocycles. The topological polar surface area (TPSA) is 84.0 Å². The molecule has 0 unspecified atom stereocenters. The van der Waals surface area contributed by atoms with Crippen LogP contribution in [0.1, 0.15) is 42.4 Å². The van der Waals surface area contributed by atoms with Gasteiger partial charge in [0, 0.05) is 18.1 Å². The van der Waals surface area contributed by atoms with Crippen LogP contribution in [-0.4, -0.2) is 21.8 Å². The number of carbonyl (C=O) groups is 2. The highest BCUT2D eigenvalue weighted by Crippen LogP contribution is 2.27. The summed E-state index contributed by atoms with van der Waals surface area (Å²) in [6, 6.07) is 7.41. The average molecular weight is 380 g/mol. The van der Waals surface area contributed by atoms with Gasteiger partial charge in [0.2, 0.25) is 0 Å². The van der Waals surface area contributed by atoms with E-state index < -0.39 is 0 Å². The van der Waals surface area contributed by atoms with E-state index in [1.807, 2.05) is 32.9 Å². The van der Waals surface area contributed by atoms with Gasteiger partial charge in [0.25, 0.3) is 11.8 Å². The number of nitrogens with zero attached hydrogens (tertiary/aromatic N) is 2. The Bertz CT molecular complexity index is 989. The number of amides is 2. The Hall–Kier alpha value is -3.06. The highest BCUT2D eigenvalue weighted by atomic mass is 32.1. The van der Waals surface area contributed by atoms with Gasteiger partial charge in [0.05, 0.1) is 11.3 Å². The SMILES string of the molecule is Cc1cc(C)c(NC(=O)c2sc(NC(=O)c3cccnc3)nc2C)c(C)c1. The molecule has 3 aromatic rings. The molecule has 1 aromatic carbocycles. The van der Waals surface area contributed by atoms with E-state index in [1.165, 1.54) is 6.20 Å². The molecule has 0 aliphatic rings. The van der Waals surface area contributed by atoms with Crippen LogP contribution in [0.5, 0.6) is 0 Å². The first-order chi connectivity index (χ1) is 12.8. The quantitative estimate of drug-likeness (QED) is 0.708. The fraction of sp³-hybridized carbons (Fsp3) is 0.200. The van der Waals surface area contributed by atoms with Gasteiger partial charge >= 0.3 is 0 Å². The second-order valence-electron chi connectivity index (χ2n) is 6.36. The molecule has 0 saturated heterocycles. The first-order valence-corrected chi connectivity index (χ1v) is 9.25. The van der Waals surface area contributed by atoms with Gasteiger partial charge in [0.15, 0.2) is 5.13 Å². The van der Waals surface area contributed by atoms with E-state index in [0.29, 0.717) is 21.3 Å². The van der Waals surface area contributed by atoms with Crippen molar-refractivity contribution >= 4 is 34.0 Å². The van der Waals surface area contributed by atoms with E-state index in [1.54, 1.807) is 25.3 Å². The van der Waals surface area contributed by atoms with Crippen LogP contribution in [0.4, 0.5) is 10.8 Å². The Morgan fingerprint density at radius 3 is 2.33 bits per heavy atom. The minimum Gasteiger partial charge on any atom is -0.321 e. The maximum absolute atomic E-state index is 12.7. The van der Waals surface area contributed by atoms with Gasteiger partial charge in [0.1, 0.15) is 4.88 Å². The number of pyridine rings is 1. The monoisotopic (exact) mass is 380 g/mol. The Kier molecular flexibility index (Phi) is 5.32. The maximum atomic E-state index is 12.7. The minimum atomic E-state index is -0.311. The highest BCUT2D eigenvalue weighted by Gasteiger charge is 2.18. The Balaban J connectivity index is 1.78. The summed E-state index contributed by atoms with van der Waals surface area (Å²) in [6.07, 6.45) is 3.08. The molecule has 2 heterocycles. The molecule has 2 N–H and O–H groups in total. The van der Waals surface area contributed by atoms with Crippen molar-refractivity contribution in [1.29, 1.82) is 0 Å². The summed E-state index contributed by atoms with van der Waals surface area (Å²) in [5.41, 5.74) is 4.97. The van der Waals surface area contributed by atoms with Gasteiger partial charge in [-0.1, -0.05) is 29.0 Å². The third kappa shape index (κ3) is 4.20. The van der Waals surface area contributed by atoms with Gasteiger partial charge in [-0.2, -0.15) is 0 Å². The van der Waals surface area contributed by atoms with Crippen LogP contribution in [0.25, 0.3) is 0 Å². The zero-order valence-corrected chi connectivity index (χ0v) is 16.4. The van der Waals surface area contributed by atoms with E-state index in [2.05, 4.69) is 20.6 Å². The van der Waals surface area contributed by atoms with Crippen molar-refractivity contribution < 1.29 is 9.59 Å². The molecule has 27 heavy (non-hydrogen) atoms. The highest BCUT2D eigenvalue weighted by molar-refractivity contribution is 7.17. The minimum absolute atomic E-state index is 0.234. The van der Waals surface area contributed by atoms with Crippen molar-refractivity contribution in [2.24, 2.45) is 0 Å². The Labute approximate surface area is 161 Å². The standard InChI is InChI=1S/C20H20N4O2S/c1-11-8-12(2)16(13(3)9-11)23-19(26)17-14(4)22-20(27-17)24-18(25)15-6-5-7-21-10-15/h5-10H,1-4H3,(H,23,26)(H,22,24,25). The molecule has 2 amide bonds. The van der Waals surface area contributed by atoms with Crippen molar-refractivity contribution in [2.45, 2.75) is 27.7 Å². The lowest BCUT2D eigenvalue weighted by atomic mass is 10.1. The second-order valence-corrected chi connectivity index (χ2v) is 7.36. The van der Waals surface area contributed by atoms with Crippen LogP contribution in [-0.2, 0) is 0 Å².